The number of aromatic nitrogens is 3. The minimum Gasteiger partial charge on any atom is -0.480 e. The monoisotopic (exact) mass is 582 g/mol. The summed E-state index contributed by atoms with van der Waals surface area (Å²) in [6.07, 6.45) is 6.65. The van der Waals surface area contributed by atoms with Crippen LogP contribution >= 0.6 is 0 Å². The van der Waals surface area contributed by atoms with Gasteiger partial charge in [-0.3, -0.25) is 14.4 Å². The fraction of sp³-hybridized carbons (Fsp3) is 0.483. The lowest BCUT2D eigenvalue weighted by molar-refractivity contribution is -0.142. The van der Waals surface area contributed by atoms with E-state index >= 15 is 0 Å². The summed E-state index contributed by atoms with van der Waals surface area (Å²) in [5.41, 5.74) is 13.8. The molecule has 4 unspecified atom stereocenters. The van der Waals surface area contributed by atoms with Crippen LogP contribution in [0.4, 0.5) is 0 Å². The molecule has 0 aliphatic carbocycles. The molecular weight excluding hydrogens is 540 g/mol. The number of rotatable bonds is 17. The molecule has 0 aliphatic heterocycles. The SMILES string of the molecule is CC(C)CC(N)C(=O)NC(CCCCN)C(=O)NC(Cc1c[nH]c2ccccc12)C(=O)NC(Cc1cnc[nH]1)C(=O)O. The normalized spacial score (nSPS) is 14.2. The van der Waals surface area contributed by atoms with Crippen molar-refractivity contribution in [1.29, 1.82) is 0 Å². The molecule has 0 spiro atoms. The number of hydrogen-bond acceptors (Lipinski definition) is 7. The number of carbonyl (C=O) groups excluding carboxylic acids is 3. The highest BCUT2D eigenvalue weighted by molar-refractivity contribution is 5.95. The molecule has 0 aliphatic rings. The first-order valence-electron chi connectivity index (χ1n) is 14.2. The highest BCUT2D eigenvalue weighted by atomic mass is 16.4. The topological polar surface area (TPSA) is 221 Å². The maximum atomic E-state index is 13.6. The first-order chi connectivity index (χ1) is 20.1. The smallest absolute Gasteiger partial charge is 0.326 e. The van der Waals surface area contributed by atoms with Crippen LogP contribution in [-0.4, -0.2) is 74.5 Å². The predicted octanol–water partition coefficient (Wildman–Crippen LogP) is 0.718. The lowest BCUT2D eigenvalue weighted by Gasteiger charge is -2.25. The standard InChI is InChI=1S/C29H42N8O5/c1-17(2)11-21(31)26(38)35-23(9-5-6-10-30)27(39)36-24(12-18-14-33-22-8-4-3-7-20(18)22)28(40)37-25(29(41)42)13-19-15-32-16-34-19/h3-4,7-8,14-17,21,23-25,33H,5-6,9-13,30-31H2,1-2H3,(H,32,34)(H,35,38)(H,36,39)(H,37,40)(H,41,42). The van der Waals surface area contributed by atoms with Crippen molar-refractivity contribution in [3.63, 3.8) is 0 Å². The second-order valence-corrected chi connectivity index (χ2v) is 10.9. The zero-order valence-electron chi connectivity index (χ0n) is 24.1. The van der Waals surface area contributed by atoms with Gasteiger partial charge in [0.15, 0.2) is 0 Å². The minimum absolute atomic E-state index is 0.0274. The molecule has 13 heteroatoms. The molecule has 42 heavy (non-hydrogen) atoms. The van der Waals surface area contributed by atoms with Crippen LogP contribution in [0.25, 0.3) is 10.9 Å². The number of unbranched alkanes of at least 4 members (excludes halogenated alkanes) is 1. The van der Waals surface area contributed by atoms with Gasteiger partial charge >= 0.3 is 5.97 Å². The van der Waals surface area contributed by atoms with Gasteiger partial charge in [-0.05, 0) is 49.8 Å². The van der Waals surface area contributed by atoms with Gasteiger partial charge in [0.2, 0.25) is 17.7 Å². The Morgan fingerprint density at radius 1 is 0.929 bits per heavy atom. The summed E-state index contributed by atoms with van der Waals surface area (Å²) < 4.78 is 0. The number of carbonyl (C=O) groups is 4. The molecule has 13 nitrogen and oxygen atoms in total. The number of H-pyrrole nitrogens is 2. The molecule has 0 bridgehead atoms. The molecule has 0 radical (unpaired) electrons. The molecular formula is C29H42N8O5. The van der Waals surface area contributed by atoms with E-state index in [0.29, 0.717) is 37.9 Å². The Morgan fingerprint density at radius 2 is 1.62 bits per heavy atom. The van der Waals surface area contributed by atoms with E-state index in [1.165, 1.54) is 12.5 Å². The van der Waals surface area contributed by atoms with E-state index in [1.54, 1.807) is 6.20 Å². The first-order valence-corrected chi connectivity index (χ1v) is 14.2. The number of nitrogens with zero attached hydrogens (tertiary/aromatic N) is 1. The number of carboxylic acid groups (broad SMARTS) is 1. The lowest BCUT2D eigenvalue weighted by Crippen LogP contribution is -2.58. The molecule has 1 aromatic carbocycles. The molecule has 228 valence electrons. The van der Waals surface area contributed by atoms with E-state index in [1.807, 2.05) is 38.1 Å². The number of nitrogens with two attached hydrogens (primary N) is 2. The summed E-state index contributed by atoms with van der Waals surface area (Å²) in [5, 5.41) is 18.7. The van der Waals surface area contributed by atoms with Crippen molar-refractivity contribution >= 4 is 34.6 Å². The van der Waals surface area contributed by atoms with E-state index in [4.69, 9.17) is 11.5 Å². The highest BCUT2D eigenvalue weighted by Crippen LogP contribution is 2.19. The van der Waals surface area contributed by atoms with E-state index in [9.17, 15) is 24.3 Å². The van der Waals surface area contributed by atoms with Gasteiger partial charge in [-0.1, -0.05) is 32.0 Å². The van der Waals surface area contributed by atoms with Crippen molar-refractivity contribution in [2.75, 3.05) is 6.54 Å². The molecule has 3 rings (SSSR count). The van der Waals surface area contributed by atoms with Gasteiger partial charge < -0.3 is 42.5 Å². The molecule has 2 aromatic heterocycles. The van der Waals surface area contributed by atoms with Gasteiger partial charge in [-0.25, -0.2) is 9.78 Å². The van der Waals surface area contributed by atoms with Crippen molar-refractivity contribution in [3.8, 4) is 0 Å². The third kappa shape index (κ3) is 9.42. The third-order valence-corrected chi connectivity index (χ3v) is 6.97. The summed E-state index contributed by atoms with van der Waals surface area (Å²) in [5.74, 6) is -2.76. The summed E-state index contributed by atoms with van der Waals surface area (Å²) >= 11 is 0. The van der Waals surface area contributed by atoms with Crippen LogP contribution in [0.1, 0.15) is 50.8 Å². The number of aromatic amines is 2. The van der Waals surface area contributed by atoms with Gasteiger partial charge in [-0.2, -0.15) is 0 Å². The Morgan fingerprint density at radius 3 is 2.29 bits per heavy atom. The van der Waals surface area contributed by atoms with Crippen molar-refractivity contribution in [1.82, 2.24) is 30.9 Å². The Bertz CT molecular complexity index is 1320. The molecule has 4 atom stereocenters. The maximum Gasteiger partial charge on any atom is 0.326 e. The largest absolute Gasteiger partial charge is 0.480 e. The maximum absolute atomic E-state index is 13.6. The zero-order valence-corrected chi connectivity index (χ0v) is 24.1. The number of benzene rings is 1. The van der Waals surface area contributed by atoms with Crippen molar-refractivity contribution in [3.05, 3.63) is 54.2 Å². The molecule has 2 heterocycles. The van der Waals surface area contributed by atoms with Crippen LogP contribution in [0.2, 0.25) is 0 Å². The summed E-state index contributed by atoms with van der Waals surface area (Å²) in [6.45, 7) is 4.32. The van der Waals surface area contributed by atoms with E-state index in [-0.39, 0.29) is 18.8 Å². The number of imidazole rings is 1. The lowest BCUT2D eigenvalue weighted by atomic mass is 10.0. The van der Waals surface area contributed by atoms with E-state index in [0.717, 1.165) is 16.5 Å². The number of aliphatic carboxylic acids is 1. The minimum atomic E-state index is -1.27. The Kier molecular flexibility index (Phi) is 12.1. The van der Waals surface area contributed by atoms with Gasteiger partial charge in [0, 0.05) is 41.8 Å². The van der Waals surface area contributed by atoms with E-state index < -0.39 is 47.9 Å². The van der Waals surface area contributed by atoms with Crippen molar-refractivity contribution in [2.45, 2.75) is 76.5 Å². The summed E-state index contributed by atoms with van der Waals surface area (Å²) in [6, 6.07) is 3.36. The highest BCUT2D eigenvalue weighted by Gasteiger charge is 2.31. The fourth-order valence-electron chi connectivity index (χ4n) is 4.75. The molecule has 0 saturated carbocycles. The molecule has 3 amide bonds. The summed E-state index contributed by atoms with van der Waals surface area (Å²) in [7, 11) is 0. The number of nitrogens with one attached hydrogen (secondary N) is 5. The first kappa shape index (κ1) is 32.3. The molecule has 0 fully saturated rings. The number of carboxylic acids is 1. The molecule has 10 N–H and O–H groups in total. The Balaban J connectivity index is 1.84. The Labute approximate surface area is 244 Å². The van der Waals surface area contributed by atoms with Gasteiger partial charge in [0.05, 0.1) is 12.4 Å². The molecule has 3 aromatic rings. The second-order valence-electron chi connectivity index (χ2n) is 10.9. The van der Waals surface area contributed by atoms with Gasteiger partial charge in [0.25, 0.3) is 0 Å². The van der Waals surface area contributed by atoms with Crippen molar-refractivity contribution < 1.29 is 24.3 Å². The predicted molar refractivity (Wildman–Crippen MR) is 158 cm³/mol. The van der Waals surface area contributed by atoms with Crippen LogP contribution in [-0.2, 0) is 32.0 Å². The zero-order chi connectivity index (χ0) is 30.6. The van der Waals surface area contributed by atoms with Crippen LogP contribution in [0.5, 0.6) is 0 Å². The fourth-order valence-corrected chi connectivity index (χ4v) is 4.75. The van der Waals surface area contributed by atoms with Crippen LogP contribution in [0.3, 0.4) is 0 Å². The van der Waals surface area contributed by atoms with Crippen LogP contribution in [0.15, 0.2) is 43.0 Å². The second kappa shape index (κ2) is 15.7. The number of fused-ring (bicyclic) bond motifs is 1. The number of hydrogen-bond donors (Lipinski definition) is 8. The van der Waals surface area contributed by atoms with Crippen molar-refractivity contribution in [2.24, 2.45) is 17.4 Å². The van der Waals surface area contributed by atoms with E-state index in [2.05, 4.69) is 30.9 Å². The third-order valence-electron chi connectivity index (χ3n) is 6.97. The molecule has 0 saturated heterocycles. The summed E-state index contributed by atoms with van der Waals surface area (Å²) in [4.78, 5) is 61.9. The Hall–Kier alpha value is -4.23. The average molecular weight is 583 g/mol. The van der Waals surface area contributed by atoms with Crippen LogP contribution < -0.4 is 27.4 Å². The van der Waals surface area contributed by atoms with Gasteiger partial charge in [0.1, 0.15) is 18.1 Å². The number of amides is 3. The number of para-hydroxylation sites is 1. The average Bonchev–Trinajstić information content (AvgIpc) is 3.61. The quantitative estimate of drug-likeness (QED) is 0.106. The van der Waals surface area contributed by atoms with Gasteiger partial charge in [-0.15, -0.1) is 0 Å². The van der Waals surface area contributed by atoms with Crippen LogP contribution in [0, 0.1) is 5.92 Å².